The molecule has 0 saturated heterocycles. The number of rotatable bonds is 8. The maximum atomic E-state index is 15.0. The Morgan fingerprint density at radius 2 is 1.95 bits per heavy atom. The van der Waals surface area contributed by atoms with Gasteiger partial charge in [0.05, 0.1) is 30.6 Å². The summed E-state index contributed by atoms with van der Waals surface area (Å²) >= 11 is 6.31. The van der Waals surface area contributed by atoms with Gasteiger partial charge in [0.1, 0.15) is 29.4 Å². The first kappa shape index (κ1) is 25.6. The topological polar surface area (TPSA) is 142 Å². The highest BCUT2D eigenvalue weighted by Crippen LogP contribution is 2.40. The Morgan fingerprint density at radius 3 is 2.65 bits per heavy atom. The Bertz CT molecular complexity index is 1770. The first-order chi connectivity index (χ1) is 19.3. The van der Waals surface area contributed by atoms with Crippen LogP contribution >= 0.6 is 11.6 Å². The van der Waals surface area contributed by atoms with Gasteiger partial charge in [0.25, 0.3) is 5.56 Å². The summed E-state index contributed by atoms with van der Waals surface area (Å²) in [7, 11) is 1.48. The molecule has 1 aliphatic rings. The second-order valence-corrected chi connectivity index (χ2v) is 9.91. The molecule has 0 amide bonds. The monoisotopic (exact) mass is 565 g/mol. The Labute approximate surface area is 230 Å². The first-order valence-corrected chi connectivity index (χ1v) is 12.7. The van der Waals surface area contributed by atoms with E-state index >= 15 is 4.39 Å². The molecule has 40 heavy (non-hydrogen) atoms. The maximum absolute atomic E-state index is 15.0. The smallest absolute Gasteiger partial charge is 0.252 e. The molecule has 14 heteroatoms. The van der Waals surface area contributed by atoms with E-state index in [-0.39, 0.29) is 28.5 Å². The number of nitrogen functional groups attached to an aromatic ring is 1. The van der Waals surface area contributed by atoms with Crippen molar-refractivity contribution in [3.63, 3.8) is 0 Å². The molecule has 0 spiro atoms. The first-order valence-electron chi connectivity index (χ1n) is 12.3. The third-order valence-corrected chi connectivity index (χ3v) is 7.07. The number of hydrogen-bond donors (Lipinski definition) is 2. The predicted molar refractivity (Wildman–Crippen MR) is 142 cm³/mol. The van der Waals surface area contributed by atoms with E-state index in [4.69, 9.17) is 22.1 Å². The molecule has 0 bridgehead atoms. The fourth-order valence-electron chi connectivity index (χ4n) is 4.71. The number of tetrazole rings is 1. The van der Waals surface area contributed by atoms with E-state index in [1.54, 1.807) is 24.4 Å². The molecule has 0 radical (unpaired) electrons. The van der Waals surface area contributed by atoms with Crippen LogP contribution in [0.3, 0.4) is 0 Å². The number of aromatic nitrogens is 8. The van der Waals surface area contributed by atoms with Gasteiger partial charge in [-0.1, -0.05) is 24.4 Å². The summed E-state index contributed by atoms with van der Waals surface area (Å²) in [5, 5.41) is 11.8. The summed E-state index contributed by atoms with van der Waals surface area (Å²) in [5.74, 6) is -1.02. The number of pyridine rings is 2. The largest absolute Gasteiger partial charge is 0.495 e. The van der Waals surface area contributed by atoms with Crippen LogP contribution in [-0.4, -0.2) is 46.8 Å². The van der Waals surface area contributed by atoms with E-state index in [1.165, 1.54) is 40.9 Å². The molecule has 11 nitrogen and oxygen atoms in total. The second-order valence-electron chi connectivity index (χ2n) is 9.47. The lowest BCUT2D eigenvalue weighted by molar-refractivity contribution is 0.400. The summed E-state index contributed by atoms with van der Waals surface area (Å²) in [4.78, 5) is 24.2. The van der Waals surface area contributed by atoms with Crippen molar-refractivity contribution in [1.82, 2.24) is 39.7 Å². The SMILES string of the molecule is COc1cn(C(CC2CC2)c2nc(F)c(-c3ccc(N)nc3F)[nH]2)c(=O)cc1-c1cc(Cl)ccc1-n1cnnn1. The molecule has 1 fully saturated rings. The third-order valence-electron chi connectivity index (χ3n) is 6.83. The normalized spacial score (nSPS) is 13.9. The zero-order valence-corrected chi connectivity index (χ0v) is 21.8. The van der Waals surface area contributed by atoms with Crippen LogP contribution in [0.5, 0.6) is 5.75 Å². The third kappa shape index (κ3) is 4.79. The molecule has 204 valence electrons. The van der Waals surface area contributed by atoms with E-state index in [0.29, 0.717) is 39.9 Å². The van der Waals surface area contributed by atoms with Gasteiger partial charge < -0.3 is 20.0 Å². The van der Waals surface area contributed by atoms with E-state index in [0.717, 1.165) is 12.8 Å². The van der Waals surface area contributed by atoms with E-state index < -0.39 is 17.9 Å². The Balaban J connectivity index is 1.47. The summed E-state index contributed by atoms with van der Waals surface area (Å²) in [5.41, 5.74) is 6.46. The number of halogens is 3. The number of hydrogen-bond acceptors (Lipinski definition) is 8. The number of nitrogens with two attached hydrogens (primary N) is 1. The Morgan fingerprint density at radius 1 is 1.12 bits per heavy atom. The van der Waals surface area contributed by atoms with Gasteiger partial charge in [-0.3, -0.25) is 4.79 Å². The fourth-order valence-corrected chi connectivity index (χ4v) is 4.88. The number of methoxy groups -OCH3 is 1. The van der Waals surface area contributed by atoms with Gasteiger partial charge in [-0.05, 0) is 53.1 Å². The molecular formula is C26H22ClF2N9O2. The van der Waals surface area contributed by atoms with Crippen LogP contribution in [-0.2, 0) is 0 Å². The van der Waals surface area contributed by atoms with Crippen LogP contribution < -0.4 is 16.0 Å². The van der Waals surface area contributed by atoms with Crippen molar-refractivity contribution in [2.24, 2.45) is 5.92 Å². The molecule has 1 saturated carbocycles. The molecule has 4 aromatic heterocycles. The number of nitrogens with one attached hydrogen (secondary N) is 1. The summed E-state index contributed by atoms with van der Waals surface area (Å²) < 4.78 is 38.1. The van der Waals surface area contributed by atoms with Crippen molar-refractivity contribution < 1.29 is 13.5 Å². The second kappa shape index (κ2) is 10.2. The van der Waals surface area contributed by atoms with Crippen LogP contribution in [0.4, 0.5) is 14.6 Å². The maximum Gasteiger partial charge on any atom is 0.252 e. The summed E-state index contributed by atoms with van der Waals surface area (Å²) in [6.07, 6.45) is 5.45. The van der Waals surface area contributed by atoms with E-state index in [1.807, 2.05) is 0 Å². The highest BCUT2D eigenvalue weighted by atomic mass is 35.5. The number of nitrogens with zero attached hydrogens (tertiary/aromatic N) is 7. The zero-order chi connectivity index (χ0) is 28.0. The van der Waals surface area contributed by atoms with Crippen molar-refractivity contribution >= 4 is 17.4 Å². The molecule has 3 N–H and O–H groups in total. The van der Waals surface area contributed by atoms with Gasteiger partial charge in [-0.25, -0.2) is 9.97 Å². The molecule has 1 unspecified atom stereocenters. The van der Waals surface area contributed by atoms with Crippen molar-refractivity contribution in [3.8, 4) is 33.8 Å². The van der Waals surface area contributed by atoms with Gasteiger partial charge in [-0.15, -0.1) is 5.10 Å². The molecule has 1 aromatic carbocycles. The number of aromatic amines is 1. The fraction of sp³-hybridized carbons (Fsp3) is 0.231. The molecule has 4 heterocycles. The molecule has 1 aliphatic carbocycles. The minimum absolute atomic E-state index is 0.0327. The van der Waals surface area contributed by atoms with Crippen LogP contribution in [0.25, 0.3) is 28.1 Å². The molecule has 5 aromatic rings. The highest BCUT2D eigenvalue weighted by Gasteiger charge is 2.31. The highest BCUT2D eigenvalue weighted by molar-refractivity contribution is 6.31. The lowest BCUT2D eigenvalue weighted by Crippen LogP contribution is -2.26. The molecule has 6 rings (SSSR count). The minimum atomic E-state index is -0.934. The van der Waals surface area contributed by atoms with Crippen molar-refractivity contribution in [2.75, 3.05) is 12.8 Å². The van der Waals surface area contributed by atoms with Crippen LogP contribution in [0.1, 0.15) is 31.1 Å². The van der Waals surface area contributed by atoms with Crippen LogP contribution in [0, 0.1) is 17.8 Å². The zero-order valence-electron chi connectivity index (χ0n) is 21.1. The predicted octanol–water partition coefficient (Wildman–Crippen LogP) is 4.19. The van der Waals surface area contributed by atoms with Crippen LogP contribution in [0.2, 0.25) is 5.02 Å². The number of imidazole rings is 1. The summed E-state index contributed by atoms with van der Waals surface area (Å²) in [6, 6.07) is 8.54. The number of H-pyrrole nitrogens is 1. The Kier molecular flexibility index (Phi) is 6.50. The lowest BCUT2D eigenvalue weighted by atomic mass is 10.0. The van der Waals surface area contributed by atoms with Crippen molar-refractivity contribution in [3.05, 3.63) is 82.0 Å². The van der Waals surface area contributed by atoms with E-state index in [9.17, 15) is 9.18 Å². The number of ether oxygens (including phenoxy) is 1. The van der Waals surface area contributed by atoms with Crippen LogP contribution in [0.15, 0.2) is 53.7 Å². The van der Waals surface area contributed by atoms with Gasteiger partial charge in [0.15, 0.2) is 0 Å². The average molecular weight is 566 g/mol. The quantitative estimate of drug-likeness (QED) is 0.267. The average Bonchev–Trinajstić information content (AvgIpc) is 3.42. The van der Waals surface area contributed by atoms with E-state index in [2.05, 4.69) is 30.5 Å². The Hall–Kier alpha value is -4.65. The number of benzene rings is 1. The molecule has 0 aliphatic heterocycles. The van der Waals surface area contributed by atoms with Gasteiger partial charge in [-0.2, -0.15) is 13.5 Å². The number of anilines is 1. The molecule has 1 atom stereocenters. The van der Waals surface area contributed by atoms with Gasteiger partial charge >= 0.3 is 0 Å². The van der Waals surface area contributed by atoms with Crippen molar-refractivity contribution in [1.29, 1.82) is 0 Å². The minimum Gasteiger partial charge on any atom is -0.495 e. The van der Waals surface area contributed by atoms with Gasteiger partial charge in [0, 0.05) is 22.2 Å². The van der Waals surface area contributed by atoms with Crippen molar-refractivity contribution in [2.45, 2.75) is 25.3 Å². The van der Waals surface area contributed by atoms with Gasteiger partial charge in [0.2, 0.25) is 11.9 Å². The molecular weight excluding hydrogens is 544 g/mol. The lowest BCUT2D eigenvalue weighted by Gasteiger charge is -2.21. The summed E-state index contributed by atoms with van der Waals surface area (Å²) in [6.45, 7) is 0. The standard InChI is InChI=1S/C26H22ClF2N9O2/c1-40-20-11-37(22(39)10-17(20)16-9-14(27)4-6-18(16)38-12-31-35-36-38)19(8-13-2-3-13)26-33-23(25(29)34-26)15-5-7-21(30)32-24(15)28/h4-7,9-13,19H,2-3,8H2,1H3,(H2,30,32)(H,33,34).